The van der Waals surface area contributed by atoms with E-state index in [2.05, 4.69) is 15.7 Å². The van der Waals surface area contributed by atoms with Gasteiger partial charge in [0.05, 0.1) is 5.52 Å². The van der Waals surface area contributed by atoms with Crippen molar-refractivity contribution in [1.82, 2.24) is 24.9 Å². The third kappa shape index (κ3) is 3.24. The second-order valence-electron chi connectivity index (χ2n) is 7.57. The minimum absolute atomic E-state index is 0.0369. The van der Waals surface area contributed by atoms with Crippen LogP contribution in [0.2, 0.25) is 0 Å². The van der Waals surface area contributed by atoms with Crippen LogP contribution in [0.1, 0.15) is 24.8 Å². The van der Waals surface area contributed by atoms with Crippen LogP contribution in [-0.2, 0) is 4.79 Å². The lowest BCUT2D eigenvalue weighted by atomic mass is 10.1. The Balaban J connectivity index is 1.66. The number of halogens is 1. The van der Waals surface area contributed by atoms with E-state index in [0.29, 0.717) is 29.5 Å². The van der Waals surface area contributed by atoms with Gasteiger partial charge < -0.3 is 10.6 Å². The van der Waals surface area contributed by atoms with Crippen molar-refractivity contribution in [3.05, 3.63) is 53.8 Å². The summed E-state index contributed by atoms with van der Waals surface area (Å²) in [4.78, 5) is 21.9. The molecular formula is C22H21FN6O. The molecule has 0 aliphatic carbocycles. The summed E-state index contributed by atoms with van der Waals surface area (Å²) in [6, 6.07) is 12.1. The molecular weight excluding hydrogens is 383 g/mol. The van der Waals surface area contributed by atoms with Crippen molar-refractivity contribution in [2.75, 3.05) is 11.9 Å². The second-order valence-corrected chi connectivity index (χ2v) is 7.57. The van der Waals surface area contributed by atoms with Gasteiger partial charge in [0, 0.05) is 17.5 Å². The predicted octanol–water partition coefficient (Wildman–Crippen LogP) is 3.47. The highest BCUT2D eigenvalue weighted by Gasteiger charge is 2.23. The van der Waals surface area contributed by atoms with Gasteiger partial charge in [-0.2, -0.15) is 4.52 Å². The number of aromatic nitrogens is 4. The first-order valence-electron chi connectivity index (χ1n) is 10.1. The number of carbonyl (C=O) groups is 1. The zero-order chi connectivity index (χ0) is 20.7. The summed E-state index contributed by atoms with van der Waals surface area (Å²) in [5, 5.41) is 11.7. The molecule has 5 rings (SSSR count). The summed E-state index contributed by atoms with van der Waals surface area (Å²) in [6.07, 6.45) is 2.63. The van der Waals surface area contributed by atoms with Gasteiger partial charge in [-0.05, 0) is 62.1 Å². The Morgan fingerprint density at radius 1 is 1.17 bits per heavy atom. The number of amides is 1. The van der Waals surface area contributed by atoms with E-state index in [0.717, 1.165) is 35.7 Å². The maximum atomic E-state index is 13.7. The number of fused-ring (bicyclic) bond motifs is 3. The highest BCUT2D eigenvalue weighted by Crippen LogP contribution is 2.26. The largest absolute Gasteiger partial charge is 0.354 e. The van der Waals surface area contributed by atoms with E-state index in [9.17, 15) is 9.18 Å². The van der Waals surface area contributed by atoms with Crippen molar-refractivity contribution in [3.63, 3.8) is 0 Å². The van der Waals surface area contributed by atoms with Crippen LogP contribution >= 0.6 is 0 Å². The quantitative estimate of drug-likeness (QED) is 0.546. The Morgan fingerprint density at radius 3 is 2.90 bits per heavy atom. The first-order valence-corrected chi connectivity index (χ1v) is 10.1. The summed E-state index contributed by atoms with van der Waals surface area (Å²) in [7, 11) is 0. The normalized spacial score (nSPS) is 17.1. The Morgan fingerprint density at radius 2 is 2.03 bits per heavy atom. The van der Waals surface area contributed by atoms with E-state index in [1.165, 1.54) is 6.07 Å². The van der Waals surface area contributed by atoms with Crippen molar-refractivity contribution in [2.45, 2.75) is 32.2 Å². The Hall–Kier alpha value is -3.55. The fraction of sp³-hybridized carbons (Fsp3) is 0.273. The lowest BCUT2D eigenvalue weighted by Gasteiger charge is -2.16. The summed E-state index contributed by atoms with van der Waals surface area (Å²) in [5.74, 6) is 0.634. The molecule has 3 heterocycles. The molecule has 2 aromatic heterocycles. The molecule has 1 aliphatic heterocycles. The number of anilines is 1. The van der Waals surface area contributed by atoms with Crippen LogP contribution in [0.15, 0.2) is 42.5 Å². The standard InChI is InChI=1S/C22H21FN6O/c1-13-12-14(9-10-16(13)23)19-27-20-15-6-2-3-7-17(15)25-22(29(20)28-19)26-18-8-4-5-11-24-21(18)30/h2-3,6-7,9-10,12,18H,4-5,8,11H2,1H3,(H,24,30)(H,25,26)/t18-/m1/s1. The van der Waals surface area contributed by atoms with Gasteiger partial charge in [-0.1, -0.05) is 12.1 Å². The Labute approximate surface area is 172 Å². The van der Waals surface area contributed by atoms with E-state index in [-0.39, 0.29) is 17.8 Å². The number of para-hydroxylation sites is 1. The van der Waals surface area contributed by atoms with Crippen molar-refractivity contribution >= 4 is 28.4 Å². The molecule has 7 nitrogen and oxygen atoms in total. The van der Waals surface area contributed by atoms with Crippen molar-refractivity contribution in [1.29, 1.82) is 0 Å². The zero-order valence-electron chi connectivity index (χ0n) is 16.5. The second kappa shape index (κ2) is 7.37. The zero-order valence-corrected chi connectivity index (χ0v) is 16.5. The summed E-state index contributed by atoms with van der Waals surface area (Å²) in [5.41, 5.74) is 2.65. The molecule has 30 heavy (non-hydrogen) atoms. The van der Waals surface area contributed by atoms with Gasteiger partial charge in [0.2, 0.25) is 11.9 Å². The highest BCUT2D eigenvalue weighted by atomic mass is 19.1. The van der Waals surface area contributed by atoms with E-state index in [1.807, 2.05) is 24.3 Å². The molecule has 1 saturated heterocycles. The summed E-state index contributed by atoms with van der Waals surface area (Å²) < 4.78 is 15.4. The fourth-order valence-corrected chi connectivity index (χ4v) is 3.79. The molecule has 2 N–H and O–H groups in total. The number of rotatable bonds is 3. The number of hydrogen-bond donors (Lipinski definition) is 2. The monoisotopic (exact) mass is 404 g/mol. The average Bonchev–Trinajstić information content (AvgIpc) is 3.11. The number of benzene rings is 2. The lowest BCUT2D eigenvalue weighted by Crippen LogP contribution is -2.38. The van der Waals surface area contributed by atoms with E-state index >= 15 is 0 Å². The molecule has 1 amide bonds. The maximum absolute atomic E-state index is 13.7. The van der Waals surface area contributed by atoms with Gasteiger partial charge in [-0.15, -0.1) is 5.10 Å². The number of carbonyl (C=O) groups excluding carboxylic acids is 1. The van der Waals surface area contributed by atoms with Gasteiger partial charge in [0.25, 0.3) is 0 Å². The first-order chi connectivity index (χ1) is 14.6. The highest BCUT2D eigenvalue weighted by molar-refractivity contribution is 5.93. The maximum Gasteiger partial charge on any atom is 0.242 e. The molecule has 0 spiro atoms. The molecule has 1 aliphatic rings. The van der Waals surface area contributed by atoms with E-state index in [1.54, 1.807) is 23.6 Å². The Bertz CT molecular complexity index is 1270. The van der Waals surface area contributed by atoms with Crippen molar-refractivity contribution < 1.29 is 9.18 Å². The molecule has 1 atom stereocenters. The van der Waals surface area contributed by atoms with E-state index in [4.69, 9.17) is 9.97 Å². The first kappa shape index (κ1) is 18.5. The Kier molecular flexibility index (Phi) is 4.54. The third-order valence-electron chi connectivity index (χ3n) is 5.43. The molecule has 0 bridgehead atoms. The number of nitrogens with zero attached hydrogens (tertiary/aromatic N) is 4. The summed E-state index contributed by atoms with van der Waals surface area (Å²) >= 11 is 0. The van der Waals surface area contributed by atoms with Gasteiger partial charge >= 0.3 is 0 Å². The average molecular weight is 404 g/mol. The fourth-order valence-electron chi connectivity index (χ4n) is 3.79. The molecule has 152 valence electrons. The predicted molar refractivity (Wildman–Crippen MR) is 113 cm³/mol. The smallest absolute Gasteiger partial charge is 0.242 e. The molecule has 8 heteroatoms. The molecule has 2 aromatic carbocycles. The molecule has 1 fully saturated rings. The van der Waals surface area contributed by atoms with Crippen molar-refractivity contribution in [2.24, 2.45) is 0 Å². The minimum atomic E-state index is -0.384. The number of aryl methyl sites for hydroxylation is 1. The van der Waals surface area contributed by atoms with Crippen LogP contribution in [0.4, 0.5) is 10.3 Å². The SMILES string of the molecule is Cc1cc(-c2nc3c4ccccc4nc(N[C@@H]4CCCCNC4=O)n3n2)ccc1F. The van der Waals surface area contributed by atoms with Crippen LogP contribution in [0.3, 0.4) is 0 Å². The van der Waals surface area contributed by atoms with Gasteiger partial charge in [-0.25, -0.2) is 14.4 Å². The van der Waals surface area contributed by atoms with Gasteiger partial charge in [0.15, 0.2) is 11.5 Å². The minimum Gasteiger partial charge on any atom is -0.354 e. The number of nitrogens with one attached hydrogen (secondary N) is 2. The molecule has 0 radical (unpaired) electrons. The number of hydrogen-bond acceptors (Lipinski definition) is 5. The van der Waals surface area contributed by atoms with Crippen molar-refractivity contribution in [3.8, 4) is 11.4 Å². The molecule has 0 unspecified atom stereocenters. The molecule has 0 saturated carbocycles. The van der Waals surface area contributed by atoms with Gasteiger partial charge in [-0.3, -0.25) is 4.79 Å². The van der Waals surface area contributed by atoms with E-state index < -0.39 is 0 Å². The van der Waals surface area contributed by atoms with Crippen LogP contribution < -0.4 is 10.6 Å². The van der Waals surface area contributed by atoms with Crippen LogP contribution in [0.5, 0.6) is 0 Å². The lowest BCUT2D eigenvalue weighted by molar-refractivity contribution is -0.121. The van der Waals surface area contributed by atoms with Crippen LogP contribution in [-0.4, -0.2) is 38.1 Å². The third-order valence-corrected chi connectivity index (χ3v) is 5.43. The van der Waals surface area contributed by atoms with Crippen LogP contribution in [0, 0.1) is 12.7 Å². The molecule has 4 aromatic rings. The summed E-state index contributed by atoms with van der Waals surface area (Å²) in [6.45, 7) is 2.40. The van der Waals surface area contributed by atoms with Crippen LogP contribution in [0.25, 0.3) is 27.9 Å². The topological polar surface area (TPSA) is 84.2 Å². The van der Waals surface area contributed by atoms with Gasteiger partial charge in [0.1, 0.15) is 11.9 Å².